The van der Waals surface area contributed by atoms with E-state index in [0.717, 1.165) is 0 Å². The molecule has 7 N–H and O–H groups in total. The zero-order valence-corrected chi connectivity index (χ0v) is 18.1. The topological polar surface area (TPSA) is 202 Å². The van der Waals surface area contributed by atoms with Gasteiger partial charge in [0.05, 0.1) is 22.1 Å². The van der Waals surface area contributed by atoms with E-state index in [2.05, 4.69) is 21.8 Å². The highest BCUT2D eigenvalue weighted by molar-refractivity contribution is 7.87. The van der Waals surface area contributed by atoms with Crippen molar-refractivity contribution >= 4 is 27.1 Å². The number of benzene rings is 1. The number of ether oxygens (including phenoxy) is 1. The molecule has 1 aliphatic rings. The van der Waals surface area contributed by atoms with Gasteiger partial charge >= 0.3 is 0 Å². The number of nitriles is 1. The van der Waals surface area contributed by atoms with Crippen LogP contribution < -0.4 is 15.6 Å². The van der Waals surface area contributed by atoms with Crippen LogP contribution in [-0.4, -0.2) is 58.0 Å². The first-order valence-corrected chi connectivity index (χ1v) is 11.3. The second kappa shape index (κ2) is 8.96. The van der Waals surface area contributed by atoms with E-state index in [1.54, 1.807) is 0 Å². The summed E-state index contributed by atoms with van der Waals surface area (Å²) < 4.78 is 45.6. The third kappa shape index (κ3) is 4.42. The summed E-state index contributed by atoms with van der Waals surface area (Å²) in [6.45, 7) is -0.388. The Hall–Kier alpha value is -3.63. The quantitative estimate of drug-likeness (QED) is 0.281. The van der Waals surface area contributed by atoms with E-state index in [9.17, 15) is 28.3 Å². The SMILES string of the molecule is N#Cc1cccc(F)c1C#Cc1cn([C@@H]2O[C@H](CNS(N)(=O)=O)[C@@H](O)[C@H]2O)c2ncnc(N)c12. The fourth-order valence-electron chi connectivity index (χ4n) is 3.60. The van der Waals surface area contributed by atoms with E-state index in [1.807, 2.05) is 10.8 Å². The van der Waals surface area contributed by atoms with Crippen molar-refractivity contribution in [1.82, 2.24) is 19.3 Å². The Labute approximate surface area is 192 Å². The molecule has 0 spiro atoms. The number of aliphatic hydroxyl groups is 2. The van der Waals surface area contributed by atoms with Gasteiger partial charge in [0.1, 0.15) is 48.0 Å². The number of hydrogen-bond acceptors (Lipinski definition) is 9. The number of halogens is 1. The van der Waals surface area contributed by atoms with Crippen LogP contribution in [0.3, 0.4) is 0 Å². The molecule has 0 radical (unpaired) electrons. The molecule has 1 saturated heterocycles. The molecule has 0 saturated carbocycles. The molecule has 1 aliphatic heterocycles. The van der Waals surface area contributed by atoms with Crippen LogP contribution in [0.5, 0.6) is 0 Å². The predicted molar refractivity (Wildman–Crippen MR) is 116 cm³/mol. The maximum atomic E-state index is 14.2. The molecule has 176 valence electrons. The van der Waals surface area contributed by atoms with Gasteiger partial charge in [0.25, 0.3) is 10.2 Å². The van der Waals surface area contributed by atoms with Crippen molar-refractivity contribution in [3.8, 4) is 17.9 Å². The smallest absolute Gasteiger partial charge is 0.274 e. The van der Waals surface area contributed by atoms with Gasteiger partial charge in [-0.15, -0.1) is 0 Å². The minimum atomic E-state index is -4.05. The maximum Gasteiger partial charge on any atom is 0.274 e. The number of nitrogens with zero attached hydrogens (tertiary/aromatic N) is 4. The summed E-state index contributed by atoms with van der Waals surface area (Å²) in [4.78, 5) is 8.09. The molecule has 14 heteroatoms. The van der Waals surface area contributed by atoms with Crippen molar-refractivity contribution in [1.29, 1.82) is 5.26 Å². The molecule has 34 heavy (non-hydrogen) atoms. The standard InChI is InChI=1S/C20H18FN7O5S/c21-13-3-1-2-10(6-22)12(13)5-4-11-8-28(19-15(11)18(23)25-9-26-19)20-17(30)16(29)14(33-20)7-27-34(24,31)32/h1-3,8-9,14,16-17,20,27,29-30H,7H2,(H2,23,25,26)(H2,24,31,32)/t14-,16-,17-,20-/m1/s1. The Kier molecular flexibility index (Phi) is 6.20. The summed E-state index contributed by atoms with van der Waals surface area (Å²) in [5.74, 6) is 4.74. The minimum absolute atomic E-state index is 0.0440. The zero-order valence-electron chi connectivity index (χ0n) is 17.3. The van der Waals surface area contributed by atoms with Crippen molar-refractivity contribution < 1.29 is 27.8 Å². The molecule has 0 aliphatic carbocycles. The molecular formula is C20H18FN7O5S. The van der Waals surface area contributed by atoms with Gasteiger partial charge in [-0.2, -0.15) is 18.4 Å². The van der Waals surface area contributed by atoms with E-state index in [-0.39, 0.29) is 40.1 Å². The number of nitrogens with one attached hydrogen (secondary N) is 1. The number of fused-ring (bicyclic) bond motifs is 1. The highest BCUT2D eigenvalue weighted by Crippen LogP contribution is 2.34. The third-order valence-corrected chi connectivity index (χ3v) is 5.76. The van der Waals surface area contributed by atoms with Crippen LogP contribution in [0.15, 0.2) is 30.7 Å². The highest BCUT2D eigenvalue weighted by atomic mass is 32.2. The van der Waals surface area contributed by atoms with E-state index in [1.165, 1.54) is 35.3 Å². The summed E-state index contributed by atoms with van der Waals surface area (Å²) in [6, 6.07) is 5.86. The maximum absolute atomic E-state index is 14.2. The molecule has 4 atom stereocenters. The number of rotatable bonds is 4. The van der Waals surface area contributed by atoms with Crippen molar-refractivity contribution in [2.45, 2.75) is 24.5 Å². The monoisotopic (exact) mass is 487 g/mol. The van der Waals surface area contributed by atoms with Crippen LogP contribution >= 0.6 is 0 Å². The second-order valence-electron chi connectivity index (χ2n) is 7.37. The number of anilines is 1. The van der Waals surface area contributed by atoms with Crippen molar-refractivity contribution in [2.75, 3.05) is 12.3 Å². The van der Waals surface area contributed by atoms with Crippen LogP contribution in [0.2, 0.25) is 0 Å². The summed E-state index contributed by atoms with van der Waals surface area (Å²) in [5.41, 5.74) is 6.39. The van der Waals surface area contributed by atoms with Crippen LogP contribution in [0.25, 0.3) is 11.0 Å². The van der Waals surface area contributed by atoms with Crippen LogP contribution in [0.4, 0.5) is 10.2 Å². The normalized spacial score (nSPS) is 22.3. The first-order valence-electron chi connectivity index (χ1n) is 9.71. The Balaban J connectivity index is 1.76. The van der Waals surface area contributed by atoms with Gasteiger partial charge in [-0.25, -0.2) is 19.5 Å². The van der Waals surface area contributed by atoms with Crippen LogP contribution in [0, 0.1) is 29.0 Å². The molecule has 0 unspecified atom stereocenters. The lowest BCUT2D eigenvalue weighted by molar-refractivity contribution is -0.0327. The molecule has 3 aromatic rings. The summed E-state index contributed by atoms with van der Waals surface area (Å²) in [7, 11) is -4.05. The Bertz CT molecular complexity index is 1470. The van der Waals surface area contributed by atoms with Gasteiger partial charge in [0, 0.05) is 12.7 Å². The Morgan fingerprint density at radius 3 is 2.71 bits per heavy atom. The average Bonchev–Trinajstić information content (AvgIpc) is 3.29. The molecule has 1 fully saturated rings. The van der Waals surface area contributed by atoms with E-state index < -0.39 is 40.6 Å². The third-order valence-electron chi connectivity index (χ3n) is 5.19. The summed E-state index contributed by atoms with van der Waals surface area (Å²) >= 11 is 0. The molecular weight excluding hydrogens is 469 g/mol. The van der Waals surface area contributed by atoms with Gasteiger partial charge in [-0.05, 0) is 12.1 Å². The number of nitrogens with two attached hydrogens (primary N) is 2. The molecule has 12 nitrogen and oxygen atoms in total. The van der Waals surface area contributed by atoms with Gasteiger partial charge in [0.15, 0.2) is 6.23 Å². The molecule has 2 aromatic heterocycles. The lowest BCUT2D eigenvalue weighted by Gasteiger charge is -2.17. The first-order chi connectivity index (χ1) is 16.1. The second-order valence-corrected chi connectivity index (χ2v) is 8.75. The molecule has 0 amide bonds. The number of nitrogen functional groups attached to an aromatic ring is 1. The minimum Gasteiger partial charge on any atom is -0.387 e. The average molecular weight is 487 g/mol. The fourth-order valence-corrected chi connectivity index (χ4v) is 3.99. The summed E-state index contributed by atoms with van der Waals surface area (Å²) in [5, 5.41) is 35.3. The largest absolute Gasteiger partial charge is 0.387 e. The van der Waals surface area contributed by atoms with Gasteiger partial charge in [-0.1, -0.05) is 17.9 Å². The Morgan fingerprint density at radius 2 is 2.00 bits per heavy atom. The first kappa shape index (κ1) is 23.5. The van der Waals surface area contributed by atoms with Gasteiger partial charge in [-0.3, -0.25) is 0 Å². The number of aromatic nitrogens is 3. The molecule has 1 aromatic carbocycles. The van der Waals surface area contributed by atoms with E-state index in [0.29, 0.717) is 0 Å². The molecule has 0 bridgehead atoms. The van der Waals surface area contributed by atoms with E-state index >= 15 is 0 Å². The number of hydrogen-bond donors (Lipinski definition) is 5. The molecule has 4 rings (SSSR count). The lowest BCUT2D eigenvalue weighted by Crippen LogP contribution is -2.42. The molecule has 3 heterocycles. The van der Waals surface area contributed by atoms with Crippen LogP contribution in [-0.2, 0) is 14.9 Å². The fraction of sp³-hybridized carbons (Fsp3) is 0.250. The van der Waals surface area contributed by atoms with Crippen molar-refractivity contribution in [3.05, 3.63) is 53.2 Å². The lowest BCUT2D eigenvalue weighted by atomic mass is 10.1. The van der Waals surface area contributed by atoms with E-state index in [4.69, 9.17) is 15.6 Å². The summed E-state index contributed by atoms with van der Waals surface area (Å²) in [6.07, 6.45) is -2.66. The Morgan fingerprint density at radius 1 is 1.24 bits per heavy atom. The zero-order chi connectivity index (χ0) is 24.6. The van der Waals surface area contributed by atoms with Crippen molar-refractivity contribution in [2.24, 2.45) is 5.14 Å². The van der Waals surface area contributed by atoms with Gasteiger partial charge in [0.2, 0.25) is 0 Å². The van der Waals surface area contributed by atoms with Crippen molar-refractivity contribution in [3.63, 3.8) is 0 Å². The predicted octanol–water partition coefficient (Wildman–Crippen LogP) is -1.16. The number of aliphatic hydroxyl groups excluding tert-OH is 2. The highest BCUT2D eigenvalue weighted by Gasteiger charge is 2.44. The van der Waals surface area contributed by atoms with Crippen LogP contribution in [0.1, 0.15) is 22.9 Å². The van der Waals surface area contributed by atoms with Gasteiger partial charge < -0.3 is 25.3 Å².